The highest BCUT2D eigenvalue weighted by atomic mass is 19.4. The van der Waals surface area contributed by atoms with Gasteiger partial charge in [0.05, 0.1) is 30.9 Å². The molecule has 0 bridgehead atoms. The number of alkyl halides is 3. The molecule has 0 radical (unpaired) electrons. The molecule has 33 heavy (non-hydrogen) atoms. The summed E-state index contributed by atoms with van der Waals surface area (Å²) in [5, 5.41) is 0.545. The zero-order chi connectivity index (χ0) is 23.6. The van der Waals surface area contributed by atoms with Gasteiger partial charge in [-0.2, -0.15) is 13.2 Å². The van der Waals surface area contributed by atoms with Crippen LogP contribution >= 0.6 is 0 Å². The van der Waals surface area contributed by atoms with Crippen LogP contribution in [0.2, 0.25) is 0 Å². The van der Waals surface area contributed by atoms with Crippen LogP contribution in [0.5, 0.6) is 0 Å². The van der Waals surface area contributed by atoms with Crippen molar-refractivity contribution in [1.82, 2.24) is 9.47 Å². The van der Waals surface area contributed by atoms with Crippen molar-refractivity contribution < 1.29 is 32.2 Å². The Labute approximate surface area is 188 Å². The number of fused-ring (bicyclic) bond motifs is 1. The summed E-state index contributed by atoms with van der Waals surface area (Å²) in [7, 11) is 0. The summed E-state index contributed by atoms with van der Waals surface area (Å²) >= 11 is 0. The van der Waals surface area contributed by atoms with E-state index >= 15 is 0 Å². The molecule has 0 unspecified atom stereocenters. The Morgan fingerprint density at radius 1 is 1.06 bits per heavy atom. The third kappa shape index (κ3) is 4.59. The largest absolute Gasteiger partial charge is 0.461 e. The highest BCUT2D eigenvalue weighted by Gasteiger charge is 2.33. The van der Waals surface area contributed by atoms with Gasteiger partial charge in [0, 0.05) is 30.5 Å². The lowest BCUT2D eigenvalue weighted by Crippen LogP contribution is -2.41. The van der Waals surface area contributed by atoms with E-state index in [-0.39, 0.29) is 30.3 Å². The summed E-state index contributed by atoms with van der Waals surface area (Å²) in [6, 6.07) is 11.9. The third-order valence-electron chi connectivity index (χ3n) is 5.55. The van der Waals surface area contributed by atoms with Crippen molar-refractivity contribution in [1.29, 1.82) is 0 Å². The first-order valence-electron chi connectivity index (χ1n) is 10.6. The van der Waals surface area contributed by atoms with Crippen LogP contribution in [0.25, 0.3) is 10.9 Å². The molecular formula is C24H23F3N2O4. The predicted molar refractivity (Wildman–Crippen MR) is 115 cm³/mol. The van der Waals surface area contributed by atoms with Gasteiger partial charge in [0.2, 0.25) is 0 Å². The fourth-order valence-corrected chi connectivity index (χ4v) is 4.05. The minimum atomic E-state index is -4.49. The second-order valence-electron chi connectivity index (χ2n) is 7.65. The summed E-state index contributed by atoms with van der Waals surface area (Å²) in [5.41, 5.74) is 0.361. The van der Waals surface area contributed by atoms with E-state index < -0.39 is 17.7 Å². The molecule has 2 aromatic carbocycles. The van der Waals surface area contributed by atoms with Gasteiger partial charge in [-0.25, -0.2) is 4.79 Å². The summed E-state index contributed by atoms with van der Waals surface area (Å²) in [5.74, 6) is -1.03. The number of carbonyl (C=O) groups excluding carboxylic acids is 2. The Balaban J connectivity index is 1.88. The highest BCUT2D eigenvalue weighted by Crippen LogP contribution is 2.32. The molecule has 0 saturated carbocycles. The minimum absolute atomic E-state index is 0.0328. The smallest absolute Gasteiger partial charge is 0.416 e. The number of benzene rings is 2. The van der Waals surface area contributed by atoms with Crippen molar-refractivity contribution in [2.45, 2.75) is 19.6 Å². The van der Waals surface area contributed by atoms with E-state index in [2.05, 4.69) is 0 Å². The Morgan fingerprint density at radius 2 is 1.79 bits per heavy atom. The summed E-state index contributed by atoms with van der Waals surface area (Å²) in [4.78, 5) is 28.1. The second kappa shape index (κ2) is 9.27. The molecule has 1 aromatic heterocycles. The minimum Gasteiger partial charge on any atom is -0.461 e. The molecular weight excluding hydrogens is 437 g/mol. The van der Waals surface area contributed by atoms with Crippen molar-refractivity contribution in [3.8, 4) is 0 Å². The van der Waals surface area contributed by atoms with Gasteiger partial charge in [0.1, 0.15) is 5.69 Å². The molecule has 174 valence electrons. The number of halogens is 3. The SMILES string of the molecule is CCOC(=O)c1c(C(=O)N2CCOCC2)c2ccccc2n1Cc1cccc(C(F)(F)F)c1. The van der Waals surface area contributed by atoms with Crippen LogP contribution in [0, 0.1) is 0 Å². The normalized spacial score (nSPS) is 14.5. The molecule has 9 heteroatoms. The number of aromatic nitrogens is 1. The lowest BCUT2D eigenvalue weighted by atomic mass is 10.1. The predicted octanol–water partition coefficient (Wildman–Crippen LogP) is 4.36. The molecule has 6 nitrogen and oxygen atoms in total. The number of amides is 1. The van der Waals surface area contributed by atoms with E-state index in [9.17, 15) is 22.8 Å². The van der Waals surface area contributed by atoms with Crippen LogP contribution in [-0.4, -0.2) is 54.3 Å². The quantitative estimate of drug-likeness (QED) is 0.531. The molecule has 1 saturated heterocycles. The van der Waals surface area contributed by atoms with Crippen molar-refractivity contribution >= 4 is 22.8 Å². The molecule has 1 aliphatic heterocycles. The lowest BCUT2D eigenvalue weighted by molar-refractivity contribution is -0.137. The third-order valence-corrected chi connectivity index (χ3v) is 5.55. The van der Waals surface area contributed by atoms with Crippen LogP contribution in [-0.2, 0) is 22.2 Å². The standard InChI is InChI=1S/C24H23F3N2O4/c1-2-33-23(31)21-20(22(30)28-10-12-32-13-11-28)18-8-3-4-9-19(18)29(21)15-16-6-5-7-17(14-16)24(25,26)27/h3-9,14H,2,10-13,15H2,1H3. The molecule has 0 atom stereocenters. The fourth-order valence-electron chi connectivity index (χ4n) is 4.05. The van der Waals surface area contributed by atoms with Gasteiger partial charge in [0.25, 0.3) is 5.91 Å². The number of nitrogens with zero attached hydrogens (tertiary/aromatic N) is 2. The maximum atomic E-state index is 13.5. The molecule has 2 heterocycles. The Bertz CT molecular complexity index is 1180. The summed E-state index contributed by atoms with van der Waals surface area (Å²) in [6.07, 6.45) is -4.49. The molecule has 1 fully saturated rings. The second-order valence-corrected chi connectivity index (χ2v) is 7.65. The highest BCUT2D eigenvalue weighted by molar-refractivity contribution is 6.15. The Hall–Kier alpha value is -3.33. The average Bonchev–Trinajstić information content (AvgIpc) is 3.13. The first-order chi connectivity index (χ1) is 15.8. The molecule has 3 aromatic rings. The van der Waals surface area contributed by atoms with E-state index in [0.717, 1.165) is 12.1 Å². The van der Waals surface area contributed by atoms with Crippen LogP contribution in [0.15, 0.2) is 48.5 Å². The van der Waals surface area contributed by atoms with E-state index in [1.807, 2.05) is 0 Å². The lowest BCUT2D eigenvalue weighted by Gasteiger charge is -2.27. The van der Waals surface area contributed by atoms with Gasteiger partial charge in [0.15, 0.2) is 0 Å². The fraction of sp³-hybridized carbons (Fsp3) is 0.333. The van der Waals surface area contributed by atoms with E-state index in [1.165, 1.54) is 6.07 Å². The number of hydrogen-bond acceptors (Lipinski definition) is 4. The van der Waals surface area contributed by atoms with Crippen LogP contribution in [0.3, 0.4) is 0 Å². The summed E-state index contributed by atoms with van der Waals surface area (Å²) < 4.78 is 51.9. The van der Waals surface area contributed by atoms with E-state index in [0.29, 0.717) is 42.8 Å². The molecule has 1 amide bonds. The first-order valence-corrected chi connectivity index (χ1v) is 10.6. The van der Waals surface area contributed by atoms with Crippen molar-refractivity contribution in [3.63, 3.8) is 0 Å². The molecule has 0 N–H and O–H groups in total. The maximum absolute atomic E-state index is 13.5. The molecule has 0 spiro atoms. The number of morpholine rings is 1. The van der Waals surface area contributed by atoms with Crippen LogP contribution in [0.1, 0.15) is 38.9 Å². The number of carbonyl (C=O) groups is 2. The zero-order valence-corrected chi connectivity index (χ0v) is 18.0. The van der Waals surface area contributed by atoms with Gasteiger partial charge < -0.3 is 18.9 Å². The maximum Gasteiger partial charge on any atom is 0.416 e. The van der Waals surface area contributed by atoms with Crippen LogP contribution < -0.4 is 0 Å². The Morgan fingerprint density at radius 3 is 2.48 bits per heavy atom. The monoisotopic (exact) mass is 460 g/mol. The zero-order valence-electron chi connectivity index (χ0n) is 18.0. The van der Waals surface area contributed by atoms with Gasteiger partial charge in [-0.05, 0) is 30.7 Å². The van der Waals surface area contributed by atoms with E-state index in [4.69, 9.17) is 9.47 Å². The number of para-hydroxylation sites is 1. The molecule has 0 aliphatic carbocycles. The van der Waals surface area contributed by atoms with Gasteiger partial charge in [-0.1, -0.05) is 30.3 Å². The van der Waals surface area contributed by atoms with Crippen molar-refractivity contribution in [2.75, 3.05) is 32.9 Å². The first kappa shape index (κ1) is 22.8. The van der Waals surface area contributed by atoms with Crippen molar-refractivity contribution in [3.05, 3.63) is 70.9 Å². The van der Waals surface area contributed by atoms with Gasteiger partial charge >= 0.3 is 12.1 Å². The van der Waals surface area contributed by atoms with Crippen LogP contribution in [0.4, 0.5) is 13.2 Å². The number of hydrogen-bond donors (Lipinski definition) is 0. The van der Waals surface area contributed by atoms with E-state index in [1.54, 1.807) is 46.7 Å². The van der Waals surface area contributed by atoms with Gasteiger partial charge in [-0.3, -0.25) is 4.79 Å². The average molecular weight is 460 g/mol. The van der Waals surface area contributed by atoms with Crippen molar-refractivity contribution in [2.24, 2.45) is 0 Å². The topological polar surface area (TPSA) is 60.8 Å². The number of ether oxygens (including phenoxy) is 2. The number of esters is 1. The number of rotatable bonds is 5. The Kier molecular flexibility index (Phi) is 6.42. The van der Waals surface area contributed by atoms with Gasteiger partial charge in [-0.15, -0.1) is 0 Å². The molecule has 4 rings (SSSR count). The molecule has 1 aliphatic rings. The summed E-state index contributed by atoms with van der Waals surface area (Å²) in [6.45, 7) is 3.26.